The van der Waals surface area contributed by atoms with Crippen LogP contribution in [0.3, 0.4) is 0 Å². The van der Waals surface area contributed by atoms with Gasteiger partial charge in [0.05, 0.1) is 6.54 Å². The van der Waals surface area contributed by atoms with E-state index < -0.39 is 5.91 Å². The van der Waals surface area contributed by atoms with Gasteiger partial charge in [0.15, 0.2) is 0 Å². The Morgan fingerprint density at radius 3 is 2.35 bits per heavy atom. The fourth-order valence-electron chi connectivity index (χ4n) is 2.42. The van der Waals surface area contributed by atoms with Crippen molar-refractivity contribution in [3.63, 3.8) is 0 Å². The van der Waals surface area contributed by atoms with E-state index in [9.17, 15) is 9.59 Å². The molecule has 0 aliphatic carbocycles. The molecule has 2 aromatic carbocycles. The quantitative estimate of drug-likeness (QED) is 0.891. The Kier molecular flexibility index (Phi) is 5.52. The zero-order valence-electron chi connectivity index (χ0n) is 13.5. The van der Waals surface area contributed by atoms with E-state index in [1.165, 1.54) is 10.5 Å². The van der Waals surface area contributed by atoms with Crippen LogP contribution in [-0.4, -0.2) is 23.3 Å². The normalized spacial score (nSPS) is 10.6. The van der Waals surface area contributed by atoms with Crippen LogP contribution in [0.25, 0.3) is 0 Å². The molecule has 0 atom stereocenters. The van der Waals surface area contributed by atoms with Crippen LogP contribution in [0, 0.1) is 0 Å². The van der Waals surface area contributed by atoms with Crippen molar-refractivity contribution >= 4 is 11.8 Å². The van der Waals surface area contributed by atoms with E-state index in [1.54, 1.807) is 24.3 Å². The Morgan fingerprint density at radius 1 is 1.04 bits per heavy atom. The minimum atomic E-state index is -0.519. The van der Waals surface area contributed by atoms with Gasteiger partial charge in [-0.05, 0) is 29.2 Å². The molecule has 0 saturated carbocycles. The van der Waals surface area contributed by atoms with Crippen LogP contribution in [0.15, 0.2) is 54.6 Å². The van der Waals surface area contributed by atoms with Crippen LogP contribution >= 0.6 is 0 Å². The molecule has 0 saturated heterocycles. The van der Waals surface area contributed by atoms with Crippen LogP contribution in [0.1, 0.15) is 41.3 Å². The van der Waals surface area contributed by atoms with Gasteiger partial charge in [0.25, 0.3) is 5.91 Å². The number of primary amides is 1. The summed E-state index contributed by atoms with van der Waals surface area (Å²) in [6.07, 6.45) is 0. The molecule has 4 heteroatoms. The highest BCUT2D eigenvalue weighted by atomic mass is 16.2. The lowest BCUT2D eigenvalue weighted by atomic mass is 10.0. The van der Waals surface area contributed by atoms with Gasteiger partial charge in [0.2, 0.25) is 5.91 Å². The van der Waals surface area contributed by atoms with Gasteiger partial charge in [0, 0.05) is 12.1 Å². The molecule has 2 rings (SSSR count). The zero-order valence-corrected chi connectivity index (χ0v) is 13.5. The van der Waals surface area contributed by atoms with Crippen LogP contribution in [0.5, 0.6) is 0 Å². The summed E-state index contributed by atoms with van der Waals surface area (Å²) in [6.45, 7) is 4.50. The molecule has 0 heterocycles. The second-order valence-corrected chi connectivity index (χ2v) is 5.89. The number of benzene rings is 2. The van der Waals surface area contributed by atoms with Gasteiger partial charge < -0.3 is 10.6 Å². The third-order valence-electron chi connectivity index (χ3n) is 3.65. The topological polar surface area (TPSA) is 63.4 Å². The second-order valence-electron chi connectivity index (χ2n) is 5.89. The van der Waals surface area contributed by atoms with Gasteiger partial charge >= 0.3 is 0 Å². The van der Waals surface area contributed by atoms with Crippen LogP contribution in [0.4, 0.5) is 0 Å². The molecule has 0 unspecified atom stereocenters. The molecule has 0 aliphatic rings. The Hall–Kier alpha value is -2.62. The minimum absolute atomic E-state index is 0.0976. The lowest BCUT2D eigenvalue weighted by molar-refractivity contribution is -0.118. The SMILES string of the molecule is CC(C)c1cccc(CN(CC(N)=O)C(=O)c2ccccc2)c1. The summed E-state index contributed by atoms with van der Waals surface area (Å²) in [5.41, 5.74) is 8.05. The van der Waals surface area contributed by atoms with Gasteiger partial charge in [-0.1, -0.05) is 56.3 Å². The van der Waals surface area contributed by atoms with Crippen molar-refractivity contribution in [2.75, 3.05) is 6.54 Å². The molecular formula is C19H22N2O2. The van der Waals surface area contributed by atoms with Crippen molar-refractivity contribution in [1.82, 2.24) is 4.90 Å². The molecule has 2 N–H and O–H groups in total. The number of nitrogens with two attached hydrogens (primary N) is 1. The summed E-state index contributed by atoms with van der Waals surface area (Å²) in [6, 6.07) is 17.0. The van der Waals surface area contributed by atoms with Gasteiger partial charge in [-0.2, -0.15) is 0 Å². The first-order valence-electron chi connectivity index (χ1n) is 7.69. The Balaban J connectivity index is 2.24. The van der Waals surface area contributed by atoms with Crippen molar-refractivity contribution < 1.29 is 9.59 Å². The van der Waals surface area contributed by atoms with Crippen LogP contribution < -0.4 is 5.73 Å². The predicted molar refractivity (Wildman–Crippen MR) is 90.9 cm³/mol. The molecule has 2 amide bonds. The predicted octanol–water partition coefficient (Wildman–Crippen LogP) is 2.94. The highest BCUT2D eigenvalue weighted by molar-refractivity contribution is 5.96. The molecule has 0 aromatic heterocycles. The molecule has 120 valence electrons. The maximum Gasteiger partial charge on any atom is 0.254 e. The summed E-state index contributed by atoms with van der Waals surface area (Å²) in [7, 11) is 0. The first-order chi connectivity index (χ1) is 11.0. The van der Waals surface area contributed by atoms with Crippen LogP contribution in [0.2, 0.25) is 0 Å². The van der Waals surface area contributed by atoms with E-state index in [-0.39, 0.29) is 12.5 Å². The minimum Gasteiger partial charge on any atom is -0.368 e. The highest BCUT2D eigenvalue weighted by Crippen LogP contribution is 2.17. The molecule has 0 aliphatic heterocycles. The lowest BCUT2D eigenvalue weighted by Crippen LogP contribution is -2.38. The summed E-state index contributed by atoms with van der Waals surface area (Å²) in [5, 5.41) is 0. The molecule has 23 heavy (non-hydrogen) atoms. The molecule has 0 radical (unpaired) electrons. The highest BCUT2D eigenvalue weighted by Gasteiger charge is 2.18. The standard InChI is InChI=1S/C19H22N2O2/c1-14(2)17-10-6-7-15(11-17)12-21(13-18(20)22)19(23)16-8-4-3-5-9-16/h3-11,14H,12-13H2,1-2H3,(H2,20,22). The van der Waals surface area contributed by atoms with E-state index in [2.05, 4.69) is 26.0 Å². The second kappa shape index (κ2) is 7.58. The van der Waals surface area contributed by atoms with E-state index in [0.29, 0.717) is 18.0 Å². The van der Waals surface area contributed by atoms with Crippen LogP contribution in [-0.2, 0) is 11.3 Å². The van der Waals surface area contributed by atoms with Gasteiger partial charge in [-0.15, -0.1) is 0 Å². The van der Waals surface area contributed by atoms with Crippen molar-refractivity contribution in [2.45, 2.75) is 26.3 Å². The smallest absolute Gasteiger partial charge is 0.254 e. The summed E-state index contributed by atoms with van der Waals surface area (Å²) in [4.78, 5) is 25.4. The number of hydrogen-bond acceptors (Lipinski definition) is 2. The fraction of sp³-hybridized carbons (Fsp3) is 0.263. The average molecular weight is 310 g/mol. The third-order valence-corrected chi connectivity index (χ3v) is 3.65. The van der Waals surface area contributed by atoms with Gasteiger partial charge in [-0.3, -0.25) is 9.59 Å². The molecule has 4 nitrogen and oxygen atoms in total. The zero-order chi connectivity index (χ0) is 16.8. The Labute approximate surface area is 136 Å². The summed E-state index contributed by atoms with van der Waals surface area (Å²) >= 11 is 0. The Bertz CT molecular complexity index is 681. The fourth-order valence-corrected chi connectivity index (χ4v) is 2.42. The van der Waals surface area contributed by atoms with E-state index in [1.807, 2.05) is 18.2 Å². The molecular weight excluding hydrogens is 288 g/mol. The molecule has 0 spiro atoms. The number of hydrogen-bond donors (Lipinski definition) is 1. The van der Waals surface area contributed by atoms with Gasteiger partial charge in [-0.25, -0.2) is 0 Å². The number of amides is 2. The third kappa shape index (κ3) is 4.68. The number of carbonyl (C=O) groups excluding carboxylic acids is 2. The lowest BCUT2D eigenvalue weighted by Gasteiger charge is -2.22. The van der Waals surface area contributed by atoms with Crippen molar-refractivity contribution in [3.8, 4) is 0 Å². The number of carbonyl (C=O) groups is 2. The summed E-state index contributed by atoms with van der Waals surface area (Å²) < 4.78 is 0. The van der Waals surface area contributed by atoms with E-state index >= 15 is 0 Å². The molecule has 0 fully saturated rings. The first-order valence-corrected chi connectivity index (χ1v) is 7.69. The number of rotatable bonds is 6. The maximum atomic E-state index is 12.6. The maximum absolute atomic E-state index is 12.6. The monoisotopic (exact) mass is 310 g/mol. The van der Waals surface area contributed by atoms with Gasteiger partial charge in [0.1, 0.15) is 0 Å². The molecule has 0 bridgehead atoms. The summed E-state index contributed by atoms with van der Waals surface area (Å²) in [5.74, 6) is -0.307. The van der Waals surface area contributed by atoms with Crippen molar-refractivity contribution in [2.24, 2.45) is 5.73 Å². The average Bonchev–Trinajstić information content (AvgIpc) is 2.54. The Morgan fingerprint density at radius 2 is 1.74 bits per heavy atom. The van der Waals surface area contributed by atoms with Crippen molar-refractivity contribution in [1.29, 1.82) is 0 Å². The van der Waals surface area contributed by atoms with E-state index in [4.69, 9.17) is 5.73 Å². The largest absolute Gasteiger partial charge is 0.368 e. The number of nitrogens with zero attached hydrogens (tertiary/aromatic N) is 1. The first kappa shape index (κ1) is 16.7. The molecule has 2 aromatic rings. The van der Waals surface area contributed by atoms with E-state index in [0.717, 1.165) is 5.56 Å². The van der Waals surface area contributed by atoms with Crippen molar-refractivity contribution in [3.05, 3.63) is 71.3 Å².